The zero-order valence-corrected chi connectivity index (χ0v) is 11.1. The van der Waals surface area contributed by atoms with Crippen molar-refractivity contribution >= 4 is 12.0 Å². The number of nitrogens with one attached hydrogen (secondary N) is 1. The summed E-state index contributed by atoms with van der Waals surface area (Å²) in [5.41, 5.74) is -1.93. The van der Waals surface area contributed by atoms with Gasteiger partial charge in [-0.05, 0) is 32.6 Å². The molecule has 6 heteroatoms. The Morgan fingerprint density at radius 3 is 2.56 bits per heavy atom. The topological polar surface area (TPSA) is 89.9 Å². The molecule has 1 aliphatic rings. The van der Waals surface area contributed by atoms with E-state index in [1.165, 1.54) is 0 Å². The molecule has 0 saturated carbocycles. The van der Waals surface area contributed by atoms with Gasteiger partial charge in [0.1, 0.15) is 0 Å². The third kappa shape index (κ3) is 3.60. The van der Waals surface area contributed by atoms with Crippen LogP contribution in [0.15, 0.2) is 0 Å². The molecule has 1 heterocycles. The summed E-state index contributed by atoms with van der Waals surface area (Å²) in [5, 5.41) is 20.7. The van der Waals surface area contributed by atoms with Gasteiger partial charge in [-0.25, -0.2) is 9.59 Å². The second-order valence-electron chi connectivity index (χ2n) is 5.41. The Balaban J connectivity index is 2.49. The van der Waals surface area contributed by atoms with E-state index in [4.69, 9.17) is 5.11 Å². The molecule has 3 unspecified atom stereocenters. The van der Waals surface area contributed by atoms with E-state index in [9.17, 15) is 14.7 Å². The van der Waals surface area contributed by atoms with E-state index in [1.54, 1.807) is 4.90 Å². The monoisotopic (exact) mass is 258 g/mol. The molecule has 2 amide bonds. The van der Waals surface area contributed by atoms with Gasteiger partial charge < -0.3 is 20.4 Å². The Labute approximate surface area is 107 Å². The number of aliphatic carboxylic acids is 1. The first-order chi connectivity index (χ1) is 8.24. The lowest BCUT2D eigenvalue weighted by Crippen LogP contribution is -2.53. The fourth-order valence-electron chi connectivity index (χ4n) is 2.13. The highest BCUT2D eigenvalue weighted by atomic mass is 16.4. The molecule has 0 bridgehead atoms. The van der Waals surface area contributed by atoms with Crippen LogP contribution in [0.4, 0.5) is 4.79 Å². The van der Waals surface area contributed by atoms with Crippen LogP contribution in [0.25, 0.3) is 0 Å². The van der Waals surface area contributed by atoms with Gasteiger partial charge in [-0.15, -0.1) is 0 Å². The molecule has 0 spiro atoms. The maximum Gasteiger partial charge on any atom is 0.337 e. The first-order valence-electron chi connectivity index (χ1n) is 6.24. The average Bonchev–Trinajstić information content (AvgIpc) is 2.25. The molecule has 1 aliphatic heterocycles. The van der Waals surface area contributed by atoms with Gasteiger partial charge in [-0.2, -0.15) is 0 Å². The first kappa shape index (κ1) is 14.8. The first-order valence-corrected chi connectivity index (χ1v) is 6.24. The van der Waals surface area contributed by atoms with Crippen molar-refractivity contribution in [2.24, 2.45) is 5.92 Å². The van der Waals surface area contributed by atoms with Crippen molar-refractivity contribution in [3.63, 3.8) is 0 Å². The van der Waals surface area contributed by atoms with Crippen molar-refractivity contribution in [2.45, 2.75) is 45.3 Å². The smallest absolute Gasteiger partial charge is 0.337 e. The number of carboxylic acid groups (broad SMARTS) is 1. The van der Waals surface area contributed by atoms with Crippen molar-refractivity contribution in [1.82, 2.24) is 10.2 Å². The molecule has 3 atom stereocenters. The van der Waals surface area contributed by atoms with Gasteiger partial charge >= 0.3 is 12.0 Å². The molecule has 6 nitrogen and oxygen atoms in total. The summed E-state index contributed by atoms with van der Waals surface area (Å²) in [7, 11) is 0. The number of carbonyl (C=O) groups excluding carboxylic acids is 1. The van der Waals surface area contributed by atoms with E-state index in [0.717, 1.165) is 19.8 Å². The van der Waals surface area contributed by atoms with Crippen molar-refractivity contribution in [1.29, 1.82) is 0 Å². The quantitative estimate of drug-likeness (QED) is 0.693. The van der Waals surface area contributed by atoms with E-state index in [1.807, 2.05) is 6.92 Å². The van der Waals surface area contributed by atoms with Crippen LogP contribution < -0.4 is 5.32 Å². The summed E-state index contributed by atoms with van der Waals surface area (Å²) < 4.78 is 0. The fourth-order valence-corrected chi connectivity index (χ4v) is 2.13. The molecule has 1 rings (SSSR count). The van der Waals surface area contributed by atoms with Crippen molar-refractivity contribution in [3.8, 4) is 0 Å². The molecule has 3 N–H and O–H groups in total. The van der Waals surface area contributed by atoms with E-state index < -0.39 is 11.6 Å². The van der Waals surface area contributed by atoms with E-state index in [-0.39, 0.29) is 18.6 Å². The second kappa shape index (κ2) is 5.56. The Kier molecular flexibility index (Phi) is 4.56. The maximum absolute atomic E-state index is 11.9. The lowest BCUT2D eigenvalue weighted by molar-refractivity contribution is -0.155. The molecule has 0 aromatic heterocycles. The van der Waals surface area contributed by atoms with E-state index in [0.29, 0.717) is 12.5 Å². The van der Waals surface area contributed by atoms with Gasteiger partial charge in [0, 0.05) is 12.6 Å². The lowest BCUT2D eigenvalue weighted by atomic mass is 9.94. The van der Waals surface area contributed by atoms with Crippen LogP contribution in [0.3, 0.4) is 0 Å². The van der Waals surface area contributed by atoms with Crippen molar-refractivity contribution in [3.05, 3.63) is 0 Å². The van der Waals surface area contributed by atoms with Gasteiger partial charge in [-0.1, -0.05) is 6.92 Å². The summed E-state index contributed by atoms with van der Waals surface area (Å²) in [6, 6.07) is -0.167. The van der Waals surface area contributed by atoms with E-state index >= 15 is 0 Å². The number of rotatable bonds is 3. The average molecular weight is 258 g/mol. The highest BCUT2D eigenvalue weighted by Crippen LogP contribution is 2.21. The normalized spacial score (nSPS) is 27.4. The zero-order valence-electron chi connectivity index (χ0n) is 11.1. The molecule has 0 aromatic carbocycles. The van der Waals surface area contributed by atoms with Crippen LogP contribution in [0, 0.1) is 5.92 Å². The molecule has 0 aliphatic carbocycles. The number of hydrogen-bond donors (Lipinski definition) is 3. The summed E-state index contributed by atoms with van der Waals surface area (Å²) >= 11 is 0. The fraction of sp³-hybridized carbons (Fsp3) is 0.833. The molecule has 18 heavy (non-hydrogen) atoms. The Hall–Kier alpha value is -1.30. The number of urea groups is 1. The van der Waals surface area contributed by atoms with Gasteiger partial charge in [0.15, 0.2) is 5.60 Å². The number of carbonyl (C=O) groups is 2. The van der Waals surface area contributed by atoms with Gasteiger partial charge in [0.2, 0.25) is 0 Å². The predicted octanol–water partition coefficient (Wildman–Crippen LogP) is 0.652. The highest BCUT2D eigenvalue weighted by molar-refractivity contribution is 5.79. The minimum Gasteiger partial charge on any atom is -0.479 e. The Morgan fingerprint density at radius 2 is 2.06 bits per heavy atom. The molecule has 1 fully saturated rings. The largest absolute Gasteiger partial charge is 0.479 e. The third-order valence-corrected chi connectivity index (χ3v) is 3.44. The van der Waals surface area contributed by atoms with Crippen LogP contribution in [0.1, 0.15) is 33.6 Å². The molecule has 0 radical (unpaired) electrons. The van der Waals surface area contributed by atoms with Crippen LogP contribution in [0.2, 0.25) is 0 Å². The summed E-state index contributed by atoms with van der Waals surface area (Å²) in [6.07, 6.45) is 1.90. The number of hydrogen-bond acceptors (Lipinski definition) is 3. The van der Waals surface area contributed by atoms with E-state index in [2.05, 4.69) is 12.2 Å². The number of nitrogens with zero attached hydrogens (tertiary/aromatic N) is 1. The van der Waals surface area contributed by atoms with Gasteiger partial charge in [0.25, 0.3) is 0 Å². The number of amides is 2. The highest BCUT2D eigenvalue weighted by Gasteiger charge is 2.32. The summed E-state index contributed by atoms with van der Waals surface area (Å²) in [4.78, 5) is 24.3. The molecule has 1 saturated heterocycles. The van der Waals surface area contributed by atoms with Gasteiger partial charge in [0.05, 0.1) is 6.54 Å². The molecule has 0 aromatic rings. The summed E-state index contributed by atoms with van der Waals surface area (Å²) in [5.74, 6) is -0.741. The molecular formula is C12H22N2O4. The van der Waals surface area contributed by atoms with Gasteiger partial charge in [-0.3, -0.25) is 0 Å². The number of carboxylic acids is 1. The molecular weight excluding hydrogens is 236 g/mol. The SMILES string of the molecule is CC1CCN(C(=O)NCC(C)(O)C(=O)O)C(C)C1. The minimum atomic E-state index is -1.93. The summed E-state index contributed by atoms with van der Waals surface area (Å²) in [6.45, 7) is 5.67. The van der Waals surface area contributed by atoms with Crippen LogP contribution in [-0.4, -0.2) is 51.8 Å². The van der Waals surface area contributed by atoms with Crippen LogP contribution in [0.5, 0.6) is 0 Å². The second-order valence-corrected chi connectivity index (χ2v) is 5.41. The predicted molar refractivity (Wildman–Crippen MR) is 66.2 cm³/mol. The van der Waals surface area contributed by atoms with Crippen LogP contribution in [-0.2, 0) is 4.79 Å². The number of piperidine rings is 1. The number of likely N-dealkylation sites (tertiary alicyclic amines) is 1. The van der Waals surface area contributed by atoms with Crippen molar-refractivity contribution < 1.29 is 19.8 Å². The Morgan fingerprint density at radius 1 is 1.44 bits per heavy atom. The maximum atomic E-state index is 11.9. The minimum absolute atomic E-state index is 0.142. The number of aliphatic hydroxyl groups is 1. The third-order valence-electron chi connectivity index (χ3n) is 3.44. The lowest BCUT2D eigenvalue weighted by Gasteiger charge is -2.36. The Bertz CT molecular complexity index is 330. The molecule has 104 valence electrons. The standard InChI is InChI=1S/C12H22N2O4/c1-8-4-5-14(9(2)6-8)11(17)13-7-12(3,18)10(15)16/h8-9,18H,4-7H2,1-3H3,(H,13,17)(H,15,16). The zero-order chi connectivity index (χ0) is 13.9. The van der Waals surface area contributed by atoms with Crippen LogP contribution >= 0.6 is 0 Å². The van der Waals surface area contributed by atoms with Crippen molar-refractivity contribution in [2.75, 3.05) is 13.1 Å².